The molecule has 0 amide bonds. The maximum Gasteiger partial charge on any atom is 0.0966 e. The Morgan fingerprint density at radius 3 is 0.893 bits per heavy atom. The third kappa shape index (κ3) is 33.9. The maximum absolute atomic E-state index is 9.13. The Kier molecular flexibility index (Phi) is 44.0. The van der Waals surface area contributed by atoms with Gasteiger partial charge < -0.3 is 114 Å². The summed E-state index contributed by atoms with van der Waals surface area (Å²) in [5.74, 6) is 15.5. The zero-order valence-corrected chi connectivity index (χ0v) is 75.4. The molecule has 12 saturated heterocycles. The van der Waals surface area contributed by atoms with Crippen LogP contribution in [0.4, 0.5) is 0 Å². The summed E-state index contributed by atoms with van der Waals surface area (Å²) in [7, 11) is 18.9. The Balaban J connectivity index is 0.000000207. The molecule has 0 aromatic heterocycles. The van der Waals surface area contributed by atoms with Gasteiger partial charge in [0.15, 0.2) is 0 Å². The van der Waals surface area contributed by atoms with Crippen molar-refractivity contribution in [3.05, 3.63) is 74.4 Å². The first-order valence-electron chi connectivity index (χ1n) is 44.6. The van der Waals surface area contributed by atoms with Gasteiger partial charge in [0.25, 0.3) is 0 Å². The topological polar surface area (TPSA) is 138 Å². The summed E-state index contributed by atoms with van der Waals surface area (Å²) in [6.07, 6.45) is 10.5. The molecule has 12 fully saturated rings. The molecule has 650 valence electrons. The second-order valence-electron chi connectivity index (χ2n) is 37.3. The molecular formula is C89H175N19O4. The molecule has 0 aromatic carbocycles. The van der Waals surface area contributed by atoms with Gasteiger partial charge >= 0.3 is 0 Å². The summed E-state index contributed by atoms with van der Waals surface area (Å²) in [6, 6.07) is 0. The molecule has 0 aromatic rings. The molecule has 12 unspecified atom stereocenters. The molecule has 12 rings (SSSR count). The van der Waals surface area contributed by atoms with E-state index in [2.05, 4.69) is 238 Å². The van der Waals surface area contributed by atoms with E-state index in [0.29, 0.717) is 23.7 Å². The summed E-state index contributed by atoms with van der Waals surface area (Å²) in [5, 5.41) is 24.9. The van der Waals surface area contributed by atoms with Crippen LogP contribution in [0.2, 0.25) is 0 Å². The van der Waals surface area contributed by atoms with E-state index in [-0.39, 0.29) is 13.2 Å². The van der Waals surface area contributed by atoms with Crippen LogP contribution in [0.3, 0.4) is 0 Å². The van der Waals surface area contributed by atoms with Gasteiger partial charge in [0.05, 0.1) is 41.5 Å². The molecule has 12 atom stereocenters. The SMILES string of the molecule is C=C1N(CC(C)CC)CCN1CC1CCN(C)C1.C=C1N(CC(C)CN(C)C)CCN1CC1CCN(C)C1.C=C1N(CC(C)CO)CCN1CC1CCN(C)C1.C=C1N(CC(C)CO)CCN1CC1CCNC1.C=C1N(CC(C)COC)CCN1CC1CCN(C)C1.C=C1NCCN1CC1CCN(C)C1.CCC(C)COC. The summed E-state index contributed by atoms with van der Waals surface area (Å²) < 4.78 is 10.1. The lowest BCUT2D eigenvalue weighted by Crippen LogP contribution is -2.32. The highest BCUT2D eigenvalue weighted by molar-refractivity contribution is 5.07. The molecule has 12 aliphatic rings. The van der Waals surface area contributed by atoms with Gasteiger partial charge in [-0.05, 0) is 205 Å². The molecular weight excluding hydrogens is 1400 g/mol. The van der Waals surface area contributed by atoms with E-state index in [4.69, 9.17) is 19.7 Å². The summed E-state index contributed by atoms with van der Waals surface area (Å²) in [6.45, 7) is 87.0. The van der Waals surface area contributed by atoms with E-state index in [1.807, 2.05) is 0 Å². The number of nitrogens with one attached hydrogen (secondary N) is 2. The number of aliphatic hydroxyl groups excluding tert-OH is 2. The average Bonchev–Trinajstić information content (AvgIpc) is 1.72. The van der Waals surface area contributed by atoms with Gasteiger partial charge in [0, 0.05) is 224 Å². The fourth-order valence-electron chi connectivity index (χ4n) is 18.4. The largest absolute Gasteiger partial charge is 0.396 e. The lowest BCUT2D eigenvalue weighted by Gasteiger charge is -2.28. The van der Waals surface area contributed by atoms with E-state index < -0.39 is 0 Å². The van der Waals surface area contributed by atoms with Gasteiger partial charge in [-0.15, -0.1) is 0 Å². The van der Waals surface area contributed by atoms with Gasteiger partial charge in [-0.25, -0.2) is 0 Å². The summed E-state index contributed by atoms with van der Waals surface area (Å²) in [5.41, 5.74) is 0. The predicted molar refractivity (Wildman–Crippen MR) is 471 cm³/mol. The Bertz CT molecular complexity index is 2620. The number of ether oxygens (including phenoxy) is 2. The van der Waals surface area contributed by atoms with Gasteiger partial charge in [-0.1, -0.05) is 108 Å². The second kappa shape index (κ2) is 51.0. The van der Waals surface area contributed by atoms with Crippen molar-refractivity contribution in [1.29, 1.82) is 0 Å². The van der Waals surface area contributed by atoms with Crippen molar-refractivity contribution in [1.82, 2.24) is 93.9 Å². The van der Waals surface area contributed by atoms with Gasteiger partial charge in [-0.3, -0.25) is 0 Å². The standard InChI is InChI=1S/C16H32N4.C15H29N3O.C15H29N3.C14H27N3O.C13H25N3O.C10H19N3.C6H14O/c1-14(10-17(3)4)11-19-8-9-20(15(19)2)13-16-6-7-18(5)12-16;1-13(12-19-4)9-17-7-8-18(14(17)2)11-15-5-6-16(3)10-15;1-5-13(2)10-17-8-9-18(14(17)3)12-15-6-7-16(4)11-15;1-12(11-18)8-16-6-7-17(13(16)2)10-14-4-5-15(3)9-14;1-11(10-17)8-15-5-6-16(12(15)2)9-13-3-4-14-7-13;1-9-11-4-6-13(9)8-10-3-5-12(2)7-10;1-4-6(2)5-7-3/h14,16H,2,6-13H2,1,3-5H3;13,15H,2,5-12H2,1,3-4H3;13,15H,3,5-12H2,1-2,4H3;12,14,18H,2,4-11H2,1,3H3;11,13-14,17H,2-10H2,1H3;10-11H,1,3-8H2,2H3;6H,4-5H2,1-3H3. The molecule has 12 heterocycles. The predicted octanol–water partition coefficient (Wildman–Crippen LogP) is 7.57. The first-order chi connectivity index (χ1) is 53.5. The minimum atomic E-state index is 0.260. The molecule has 112 heavy (non-hydrogen) atoms. The van der Waals surface area contributed by atoms with Gasteiger partial charge in [0.2, 0.25) is 0 Å². The number of hydrogen-bond donors (Lipinski definition) is 4. The highest BCUT2D eigenvalue weighted by Gasteiger charge is 2.35. The van der Waals surface area contributed by atoms with E-state index >= 15 is 0 Å². The number of hydrogen-bond acceptors (Lipinski definition) is 23. The smallest absolute Gasteiger partial charge is 0.0966 e. The fourth-order valence-corrected chi connectivity index (χ4v) is 18.4. The van der Waals surface area contributed by atoms with Crippen molar-refractivity contribution in [2.75, 3.05) is 326 Å². The highest BCUT2D eigenvalue weighted by Crippen LogP contribution is 2.30. The third-order valence-electron chi connectivity index (χ3n) is 25.7. The van der Waals surface area contributed by atoms with Crippen molar-refractivity contribution in [2.24, 2.45) is 71.0 Å². The molecule has 23 heteroatoms. The number of methoxy groups -OCH3 is 2. The molecule has 0 bridgehead atoms. The van der Waals surface area contributed by atoms with Crippen molar-refractivity contribution >= 4 is 0 Å². The first kappa shape index (κ1) is 96.4. The molecule has 4 N–H and O–H groups in total. The number of rotatable bonds is 32. The summed E-state index contributed by atoms with van der Waals surface area (Å²) >= 11 is 0. The highest BCUT2D eigenvalue weighted by atomic mass is 16.5. The number of likely N-dealkylation sites (tertiary alicyclic amines) is 5. The Hall–Kier alpha value is -4.40. The van der Waals surface area contributed by atoms with Crippen LogP contribution < -0.4 is 10.6 Å². The van der Waals surface area contributed by atoms with Crippen LogP contribution in [-0.4, -0.2) is 419 Å². The number of aliphatic hydroxyl groups is 2. The van der Waals surface area contributed by atoms with Crippen LogP contribution in [0, 0.1) is 71.0 Å². The van der Waals surface area contributed by atoms with E-state index in [9.17, 15) is 0 Å². The zero-order chi connectivity index (χ0) is 82.0. The van der Waals surface area contributed by atoms with Gasteiger partial charge in [-0.2, -0.15) is 0 Å². The third-order valence-corrected chi connectivity index (χ3v) is 25.7. The molecule has 0 radical (unpaired) electrons. The normalized spacial score (nSPS) is 26.3. The van der Waals surface area contributed by atoms with E-state index in [0.717, 1.165) is 202 Å². The van der Waals surface area contributed by atoms with E-state index in [1.165, 1.54) is 180 Å². The van der Waals surface area contributed by atoms with E-state index in [1.54, 1.807) is 14.2 Å². The lowest BCUT2D eigenvalue weighted by molar-refractivity contribution is 0.141. The lowest BCUT2D eigenvalue weighted by atomic mass is 10.1. The Labute approximate surface area is 688 Å². The van der Waals surface area contributed by atoms with Crippen molar-refractivity contribution in [2.45, 2.75) is 107 Å². The van der Waals surface area contributed by atoms with Crippen LogP contribution in [0.1, 0.15) is 107 Å². The minimum absolute atomic E-state index is 0.260. The molecule has 0 spiro atoms. The average molecular weight is 1580 g/mol. The summed E-state index contributed by atoms with van der Waals surface area (Å²) in [4.78, 5) is 41.1. The number of nitrogens with zero attached hydrogens (tertiary/aromatic N) is 17. The quantitative estimate of drug-likeness (QED) is 0.0527. The molecule has 0 aliphatic carbocycles. The minimum Gasteiger partial charge on any atom is -0.396 e. The molecule has 0 saturated carbocycles. The molecule has 23 nitrogen and oxygen atoms in total. The fraction of sp³-hybridized carbons (Fsp3) is 0.865. The van der Waals surface area contributed by atoms with Crippen molar-refractivity contribution < 1.29 is 19.7 Å². The first-order valence-corrected chi connectivity index (χ1v) is 44.6. The van der Waals surface area contributed by atoms with Crippen molar-refractivity contribution in [3.8, 4) is 0 Å². The van der Waals surface area contributed by atoms with Crippen molar-refractivity contribution in [3.63, 3.8) is 0 Å². The Morgan fingerprint density at radius 1 is 0.357 bits per heavy atom. The zero-order valence-electron chi connectivity index (χ0n) is 75.4. The second-order valence-corrected chi connectivity index (χ2v) is 37.3. The van der Waals surface area contributed by atoms with Gasteiger partial charge in [0.1, 0.15) is 0 Å². The Morgan fingerprint density at radius 2 is 0.643 bits per heavy atom. The molecule has 12 aliphatic heterocycles. The van der Waals surface area contributed by atoms with Crippen LogP contribution >= 0.6 is 0 Å². The van der Waals surface area contributed by atoms with Crippen LogP contribution in [0.25, 0.3) is 0 Å². The van der Waals surface area contributed by atoms with Crippen LogP contribution in [0.5, 0.6) is 0 Å². The van der Waals surface area contributed by atoms with Crippen LogP contribution in [-0.2, 0) is 9.47 Å². The maximum atomic E-state index is 9.13. The van der Waals surface area contributed by atoms with Crippen LogP contribution in [0.15, 0.2) is 74.4 Å². The monoisotopic (exact) mass is 1570 g/mol.